The molecule has 0 bridgehead atoms. The normalized spacial score (nSPS) is 35.3. The average Bonchev–Trinajstić information content (AvgIpc) is 2.34. The summed E-state index contributed by atoms with van der Waals surface area (Å²) in [5.74, 6) is 0. The van der Waals surface area contributed by atoms with Crippen LogP contribution in [-0.2, 0) is 0 Å². The molecule has 4 N–H and O–H groups in total. The van der Waals surface area contributed by atoms with Crippen LogP contribution in [0.5, 0.6) is 0 Å². The minimum absolute atomic E-state index is 0.693. The summed E-state index contributed by atoms with van der Waals surface area (Å²) in [7, 11) is 0. The van der Waals surface area contributed by atoms with Gasteiger partial charge in [-0.1, -0.05) is 0 Å². The van der Waals surface area contributed by atoms with Gasteiger partial charge in [0, 0.05) is 23.6 Å². The van der Waals surface area contributed by atoms with Crippen LogP contribution < -0.4 is 11.5 Å². The second kappa shape index (κ2) is 3.44. The summed E-state index contributed by atoms with van der Waals surface area (Å²) in [6.45, 7) is 1.64. The molecular formula is C6H14N2S. The van der Waals surface area contributed by atoms with Crippen LogP contribution in [0.15, 0.2) is 0 Å². The molecule has 1 heterocycles. The summed E-state index contributed by atoms with van der Waals surface area (Å²) in [6, 6.07) is 0. The first kappa shape index (κ1) is 7.38. The van der Waals surface area contributed by atoms with Gasteiger partial charge in [-0.25, -0.2) is 0 Å². The van der Waals surface area contributed by atoms with Gasteiger partial charge in [-0.3, -0.25) is 0 Å². The Hall–Kier alpha value is 0.270. The van der Waals surface area contributed by atoms with Crippen LogP contribution in [0.3, 0.4) is 0 Å². The van der Waals surface area contributed by atoms with E-state index in [1.807, 2.05) is 11.8 Å². The van der Waals surface area contributed by atoms with E-state index in [2.05, 4.69) is 0 Å². The molecule has 0 saturated carbocycles. The lowest BCUT2D eigenvalue weighted by molar-refractivity contribution is 0.724. The van der Waals surface area contributed by atoms with Gasteiger partial charge < -0.3 is 11.5 Å². The Bertz CT molecular complexity index is 77.1. The SMILES string of the molecule is NC[C@@H]1CC[C@H](CN)S1. The summed E-state index contributed by atoms with van der Waals surface area (Å²) in [5, 5.41) is 1.39. The van der Waals surface area contributed by atoms with Crippen molar-refractivity contribution in [1.29, 1.82) is 0 Å². The fraction of sp³-hybridized carbons (Fsp3) is 1.00. The van der Waals surface area contributed by atoms with Gasteiger partial charge in [-0.05, 0) is 12.8 Å². The van der Waals surface area contributed by atoms with Gasteiger partial charge in [0.1, 0.15) is 0 Å². The minimum Gasteiger partial charge on any atom is -0.329 e. The van der Waals surface area contributed by atoms with E-state index < -0.39 is 0 Å². The van der Waals surface area contributed by atoms with Crippen molar-refractivity contribution in [3.63, 3.8) is 0 Å². The topological polar surface area (TPSA) is 52.0 Å². The van der Waals surface area contributed by atoms with Gasteiger partial charge in [-0.2, -0.15) is 11.8 Å². The Morgan fingerprint density at radius 3 is 1.78 bits per heavy atom. The summed E-state index contributed by atoms with van der Waals surface area (Å²) >= 11 is 1.96. The molecule has 0 aliphatic carbocycles. The number of hydrogen-bond donors (Lipinski definition) is 2. The molecule has 0 spiro atoms. The number of rotatable bonds is 2. The Labute approximate surface area is 60.4 Å². The van der Waals surface area contributed by atoms with Crippen molar-refractivity contribution in [2.45, 2.75) is 23.3 Å². The fourth-order valence-electron chi connectivity index (χ4n) is 1.13. The predicted molar refractivity (Wildman–Crippen MR) is 42.5 cm³/mol. The van der Waals surface area contributed by atoms with Crippen LogP contribution in [0.4, 0.5) is 0 Å². The second-order valence-corrected chi connectivity index (χ2v) is 4.03. The van der Waals surface area contributed by atoms with E-state index in [0.717, 1.165) is 13.1 Å². The Kier molecular flexibility index (Phi) is 2.82. The zero-order valence-electron chi connectivity index (χ0n) is 5.55. The van der Waals surface area contributed by atoms with Gasteiger partial charge in [0.15, 0.2) is 0 Å². The molecule has 3 heteroatoms. The lowest BCUT2D eigenvalue weighted by Crippen LogP contribution is -2.15. The molecule has 2 atom stereocenters. The Balaban J connectivity index is 2.20. The minimum atomic E-state index is 0.693. The highest BCUT2D eigenvalue weighted by atomic mass is 32.2. The number of thioether (sulfide) groups is 1. The van der Waals surface area contributed by atoms with Crippen molar-refractivity contribution in [3.05, 3.63) is 0 Å². The maximum absolute atomic E-state index is 5.49. The van der Waals surface area contributed by atoms with Gasteiger partial charge in [0.25, 0.3) is 0 Å². The average molecular weight is 146 g/mol. The van der Waals surface area contributed by atoms with E-state index in [-0.39, 0.29) is 0 Å². The third-order valence-electron chi connectivity index (χ3n) is 1.72. The Morgan fingerprint density at radius 1 is 1.11 bits per heavy atom. The van der Waals surface area contributed by atoms with Crippen molar-refractivity contribution in [2.24, 2.45) is 11.5 Å². The zero-order chi connectivity index (χ0) is 6.69. The molecule has 0 radical (unpaired) electrons. The summed E-state index contributed by atoms with van der Waals surface area (Å²) in [4.78, 5) is 0. The van der Waals surface area contributed by atoms with Gasteiger partial charge in [0.2, 0.25) is 0 Å². The van der Waals surface area contributed by atoms with Crippen LogP contribution in [0.25, 0.3) is 0 Å². The Morgan fingerprint density at radius 2 is 1.56 bits per heavy atom. The van der Waals surface area contributed by atoms with E-state index in [0.29, 0.717) is 10.5 Å². The standard InChI is InChI=1S/C6H14N2S/c7-3-5-1-2-6(4-8)9-5/h5-6H,1-4,7-8H2/t5-,6+. The molecular weight excluding hydrogens is 132 g/mol. The van der Waals surface area contributed by atoms with Crippen molar-refractivity contribution in [1.82, 2.24) is 0 Å². The molecule has 0 aromatic heterocycles. The molecule has 9 heavy (non-hydrogen) atoms. The molecule has 54 valence electrons. The molecule has 0 aromatic rings. The van der Waals surface area contributed by atoms with Crippen molar-refractivity contribution < 1.29 is 0 Å². The lowest BCUT2D eigenvalue weighted by atomic mass is 10.2. The molecule has 0 aromatic carbocycles. The molecule has 1 saturated heterocycles. The number of nitrogens with two attached hydrogens (primary N) is 2. The molecule has 0 amide bonds. The quantitative estimate of drug-likeness (QED) is 0.584. The van der Waals surface area contributed by atoms with Crippen LogP contribution in [0.2, 0.25) is 0 Å². The van der Waals surface area contributed by atoms with Crippen LogP contribution in [0.1, 0.15) is 12.8 Å². The molecule has 1 aliphatic rings. The lowest BCUT2D eigenvalue weighted by Gasteiger charge is -2.05. The first-order chi connectivity index (χ1) is 4.36. The second-order valence-electron chi connectivity index (χ2n) is 2.43. The van der Waals surface area contributed by atoms with E-state index in [1.165, 1.54) is 12.8 Å². The van der Waals surface area contributed by atoms with Crippen molar-refractivity contribution >= 4 is 11.8 Å². The summed E-state index contributed by atoms with van der Waals surface area (Å²) in [6.07, 6.45) is 2.53. The number of hydrogen-bond acceptors (Lipinski definition) is 3. The third-order valence-corrected chi connectivity index (χ3v) is 3.35. The summed E-state index contributed by atoms with van der Waals surface area (Å²) < 4.78 is 0. The van der Waals surface area contributed by atoms with Gasteiger partial charge in [0.05, 0.1) is 0 Å². The molecule has 1 rings (SSSR count). The molecule has 1 fully saturated rings. The van der Waals surface area contributed by atoms with E-state index in [1.54, 1.807) is 0 Å². The largest absolute Gasteiger partial charge is 0.329 e. The molecule has 1 aliphatic heterocycles. The van der Waals surface area contributed by atoms with E-state index in [4.69, 9.17) is 11.5 Å². The van der Waals surface area contributed by atoms with Crippen molar-refractivity contribution in [3.8, 4) is 0 Å². The maximum atomic E-state index is 5.49. The van der Waals surface area contributed by atoms with Crippen LogP contribution in [-0.4, -0.2) is 23.6 Å². The monoisotopic (exact) mass is 146 g/mol. The zero-order valence-corrected chi connectivity index (χ0v) is 6.36. The highest BCUT2D eigenvalue weighted by Gasteiger charge is 2.22. The van der Waals surface area contributed by atoms with E-state index in [9.17, 15) is 0 Å². The first-order valence-corrected chi connectivity index (χ1v) is 4.36. The van der Waals surface area contributed by atoms with Gasteiger partial charge in [-0.15, -0.1) is 0 Å². The molecule has 0 unspecified atom stereocenters. The maximum Gasteiger partial charge on any atom is 0.0173 e. The molecule has 2 nitrogen and oxygen atoms in total. The highest BCUT2D eigenvalue weighted by molar-refractivity contribution is 8.00. The predicted octanol–water partition coefficient (Wildman–Crippen LogP) is 0.168. The van der Waals surface area contributed by atoms with Crippen LogP contribution >= 0.6 is 11.8 Å². The first-order valence-electron chi connectivity index (χ1n) is 3.42. The summed E-state index contributed by atoms with van der Waals surface area (Å²) in [5.41, 5.74) is 11.0. The fourth-order valence-corrected chi connectivity index (χ4v) is 2.44. The van der Waals surface area contributed by atoms with E-state index >= 15 is 0 Å². The highest BCUT2D eigenvalue weighted by Crippen LogP contribution is 2.31. The third kappa shape index (κ3) is 1.85. The van der Waals surface area contributed by atoms with Crippen molar-refractivity contribution in [2.75, 3.05) is 13.1 Å². The smallest absolute Gasteiger partial charge is 0.0173 e. The van der Waals surface area contributed by atoms with Gasteiger partial charge >= 0.3 is 0 Å². The van der Waals surface area contributed by atoms with Crippen LogP contribution in [0, 0.1) is 0 Å².